The molecule has 0 saturated heterocycles. The molecule has 26 heavy (non-hydrogen) atoms. The second kappa shape index (κ2) is 7.98. The monoisotopic (exact) mass is 390 g/mol. The number of nitro benzene ring substituents is 1. The third-order valence-corrected chi connectivity index (χ3v) is 4.23. The summed E-state index contributed by atoms with van der Waals surface area (Å²) in [4.78, 5) is 22.4. The van der Waals surface area contributed by atoms with Gasteiger partial charge in [0, 0.05) is 16.7 Å². The Labute approximate surface area is 156 Å². The van der Waals surface area contributed by atoms with E-state index < -0.39 is 10.8 Å². The van der Waals surface area contributed by atoms with Crippen LogP contribution in [0.4, 0.5) is 11.4 Å². The SMILES string of the molecule is O=C(CSc1nnc(-c2cccc(Cl)c2)o1)Nc1ccccc1[N+](=O)[O-]. The zero-order chi connectivity index (χ0) is 18.5. The van der Waals surface area contributed by atoms with Crippen molar-refractivity contribution in [2.45, 2.75) is 5.22 Å². The van der Waals surface area contributed by atoms with E-state index in [-0.39, 0.29) is 28.2 Å². The van der Waals surface area contributed by atoms with E-state index in [1.165, 1.54) is 18.2 Å². The number of carbonyl (C=O) groups is 1. The zero-order valence-electron chi connectivity index (χ0n) is 13.1. The summed E-state index contributed by atoms with van der Waals surface area (Å²) in [6.45, 7) is 0. The van der Waals surface area contributed by atoms with Crippen molar-refractivity contribution in [3.63, 3.8) is 0 Å². The van der Waals surface area contributed by atoms with Gasteiger partial charge in [0.05, 0.1) is 10.7 Å². The van der Waals surface area contributed by atoms with Crippen molar-refractivity contribution >= 4 is 40.6 Å². The Morgan fingerprint density at radius 3 is 2.81 bits per heavy atom. The fourth-order valence-electron chi connectivity index (χ4n) is 2.06. The molecule has 132 valence electrons. The van der Waals surface area contributed by atoms with Gasteiger partial charge >= 0.3 is 0 Å². The highest BCUT2D eigenvalue weighted by molar-refractivity contribution is 7.99. The molecule has 0 aliphatic carbocycles. The lowest BCUT2D eigenvalue weighted by atomic mass is 10.2. The van der Waals surface area contributed by atoms with Gasteiger partial charge in [-0.05, 0) is 24.3 Å². The number of hydrogen-bond acceptors (Lipinski definition) is 7. The summed E-state index contributed by atoms with van der Waals surface area (Å²) >= 11 is 6.95. The minimum absolute atomic E-state index is 0.0385. The van der Waals surface area contributed by atoms with Crippen molar-refractivity contribution in [1.29, 1.82) is 0 Å². The average molecular weight is 391 g/mol. The smallest absolute Gasteiger partial charge is 0.292 e. The molecule has 1 heterocycles. The maximum Gasteiger partial charge on any atom is 0.292 e. The molecule has 0 radical (unpaired) electrons. The molecule has 0 aliphatic rings. The van der Waals surface area contributed by atoms with E-state index >= 15 is 0 Å². The summed E-state index contributed by atoms with van der Waals surface area (Å²) in [6, 6.07) is 12.9. The van der Waals surface area contributed by atoms with Crippen LogP contribution in [0.5, 0.6) is 0 Å². The van der Waals surface area contributed by atoms with Gasteiger partial charge in [-0.3, -0.25) is 14.9 Å². The number of thioether (sulfide) groups is 1. The van der Waals surface area contributed by atoms with Crippen LogP contribution in [-0.4, -0.2) is 26.8 Å². The molecule has 0 spiro atoms. The fourth-order valence-corrected chi connectivity index (χ4v) is 2.81. The van der Waals surface area contributed by atoms with E-state index in [2.05, 4.69) is 15.5 Å². The Bertz CT molecular complexity index is 963. The molecule has 1 amide bonds. The topological polar surface area (TPSA) is 111 Å². The third kappa shape index (κ3) is 4.38. The van der Waals surface area contributed by atoms with Crippen LogP contribution in [0.3, 0.4) is 0 Å². The van der Waals surface area contributed by atoms with Crippen LogP contribution in [0.2, 0.25) is 5.02 Å². The largest absolute Gasteiger partial charge is 0.411 e. The summed E-state index contributed by atoms with van der Waals surface area (Å²) in [5, 5.41) is 22.0. The van der Waals surface area contributed by atoms with Crippen LogP contribution < -0.4 is 5.32 Å². The van der Waals surface area contributed by atoms with Crippen molar-refractivity contribution in [2.24, 2.45) is 0 Å². The number of halogens is 1. The van der Waals surface area contributed by atoms with Gasteiger partial charge in [0.25, 0.3) is 10.9 Å². The molecule has 3 rings (SSSR count). The molecule has 0 saturated carbocycles. The molecule has 1 N–H and O–H groups in total. The minimum Gasteiger partial charge on any atom is -0.411 e. The second-order valence-electron chi connectivity index (χ2n) is 4.99. The van der Waals surface area contributed by atoms with E-state index in [9.17, 15) is 14.9 Å². The standard InChI is InChI=1S/C16H11ClN4O4S/c17-11-5-3-4-10(8-11)15-19-20-16(25-15)26-9-14(22)18-12-6-1-2-7-13(12)21(23)24/h1-8H,9H2,(H,18,22). The van der Waals surface area contributed by atoms with Crippen molar-refractivity contribution in [2.75, 3.05) is 11.1 Å². The summed E-state index contributed by atoms with van der Waals surface area (Å²) < 4.78 is 5.48. The summed E-state index contributed by atoms with van der Waals surface area (Å²) in [6.07, 6.45) is 0. The second-order valence-corrected chi connectivity index (χ2v) is 6.36. The molecule has 1 aromatic heterocycles. The van der Waals surface area contributed by atoms with Crippen LogP contribution >= 0.6 is 23.4 Å². The number of hydrogen-bond donors (Lipinski definition) is 1. The average Bonchev–Trinajstić information content (AvgIpc) is 3.09. The van der Waals surface area contributed by atoms with Gasteiger partial charge in [-0.25, -0.2) is 0 Å². The van der Waals surface area contributed by atoms with Crippen LogP contribution in [0.15, 0.2) is 58.2 Å². The highest BCUT2D eigenvalue weighted by atomic mass is 35.5. The molecule has 10 heteroatoms. The van der Waals surface area contributed by atoms with E-state index in [1.54, 1.807) is 30.3 Å². The first kappa shape index (κ1) is 17.9. The van der Waals surface area contributed by atoms with Crippen molar-refractivity contribution < 1.29 is 14.1 Å². The number of benzene rings is 2. The summed E-state index contributed by atoms with van der Waals surface area (Å²) in [5.74, 6) is -0.177. The number of para-hydroxylation sites is 2. The molecule has 0 bridgehead atoms. The summed E-state index contributed by atoms with van der Waals surface area (Å²) in [7, 11) is 0. The number of nitrogens with one attached hydrogen (secondary N) is 1. The van der Waals surface area contributed by atoms with Gasteiger partial charge in [0.1, 0.15) is 5.69 Å². The van der Waals surface area contributed by atoms with E-state index in [4.69, 9.17) is 16.0 Å². The Kier molecular flexibility index (Phi) is 5.49. The quantitative estimate of drug-likeness (QED) is 0.384. The lowest BCUT2D eigenvalue weighted by Gasteiger charge is -2.04. The number of nitro groups is 1. The van der Waals surface area contributed by atoms with Gasteiger partial charge in [0.15, 0.2) is 0 Å². The third-order valence-electron chi connectivity index (χ3n) is 3.18. The number of carbonyl (C=O) groups excluding carboxylic acids is 1. The highest BCUT2D eigenvalue weighted by Crippen LogP contribution is 2.26. The molecule has 0 fully saturated rings. The van der Waals surface area contributed by atoms with Crippen molar-refractivity contribution in [1.82, 2.24) is 10.2 Å². The predicted molar refractivity (Wildman–Crippen MR) is 97.2 cm³/mol. The van der Waals surface area contributed by atoms with E-state index in [0.717, 1.165) is 11.8 Å². The number of anilines is 1. The van der Waals surface area contributed by atoms with Crippen LogP contribution in [-0.2, 0) is 4.79 Å². The maximum absolute atomic E-state index is 12.0. The number of amides is 1. The molecule has 0 unspecified atom stereocenters. The lowest BCUT2D eigenvalue weighted by Crippen LogP contribution is -2.15. The van der Waals surface area contributed by atoms with Gasteiger partial charge < -0.3 is 9.73 Å². The van der Waals surface area contributed by atoms with Crippen LogP contribution in [0.1, 0.15) is 0 Å². The predicted octanol–water partition coefficient (Wildman–Crippen LogP) is 4.03. The Morgan fingerprint density at radius 2 is 2.04 bits per heavy atom. The Balaban J connectivity index is 1.61. The highest BCUT2D eigenvalue weighted by Gasteiger charge is 2.16. The van der Waals surface area contributed by atoms with Crippen molar-refractivity contribution in [3.05, 3.63) is 63.7 Å². The van der Waals surface area contributed by atoms with Crippen molar-refractivity contribution in [3.8, 4) is 11.5 Å². The Hall–Kier alpha value is -2.91. The molecule has 0 aliphatic heterocycles. The van der Waals surface area contributed by atoms with E-state index in [0.29, 0.717) is 10.6 Å². The molecular formula is C16H11ClN4O4S. The first-order valence-electron chi connectivity index (χ1n) is 7.28. The molecule has 3 aromatic rings. The minimum atomic E-state index is -0.558. The molecule has 0 atom stereocenters. The van der Waals surface area contributed by atoms with Gasteiger partial charge in [0.2, 0.25) is 11.8 Å². The first-order valence-corrected chi connectivity index (χ1v) is 8.65. The van der Waals surface area contributed by atoms with Gasteiger partial charge in [-0.2, -0.15) is 0 Å². The maximum atomic E-state index is 12.0. The zero-order valence-corrected chi connectivity index (χ0v) is 14.7. The van der Waals surface area contributed by atoms with E-state index in [1.807, 2.05) is 0 Å². The Morgan fingerprint density at radius 1 is 1.23 bits per heavy atom. The molecule has 2 aromatic carbocycles. The fraction of sp³-hybridized carbons (Fsp3) is 0.0625. The normalized spacial score (nSPS) is 10.5. The number of nitrogens with zero attached hydrogens (tertiary/aromatic N) is 3. The summed E-state index contributed by atoms with van der Waals surface area (Å²) in [5.41, 5.74) is 0.626. The van der Waals surface area contributed by atoms with Gasteiger partial charge in [-0.15, -0.1) is 10.2 Å². The van der Waals surface area contributed by atoms with Gasteiger partial charge in [-0.1, -0.05) is 41.6 Å². The molecule has 8 nitrogen and oxygen atoms in total. The lowest BCUT2D eigenvalue weighted by molar-refractivity contribution is -0.383. The van der Waals surface area contributed by atoms with Crippen LogP contribution in [0.25, 0.3) is 11.5 Å². The number of aromatic nitrogens is 2. The molecular weight excluding hydrogens is 380 g/mol. The first-order chi connectivity index (χ1) is 12.5. The van der Waals surface area contributed by atoms with Crippen LogP contribution in [0, 0.1) is 10.1 Å². The number of rotatable bonds is 6.